The van der Waals surface area contributed by atoms with Gasteiger partial charge in [0.1, 0.15) is 0 Å². The number of benzene rings is 1. The Bertz CT molecular complexity index is 841. The van der Waals surface area contributed by atoms with Crippen LogP contribution in [0.5, 0.6) is 11.5 Å². The first kappa shape index (κ1) is 17.8. The van der Waals surface area contributed by atoms with E-state index in [1.54, 1.807) is 31.1 Å². The summed E-state index contributed by atoms with van der Waals surface area (Å²) in [6.07, 6.45) is 1.85. The van der Waals surface area contributed by atoms with Gasteiger partial charge in [-0.05, 0) is 42.7 Å². The average Bonchev–Trinajstić information content (AvgIpc) is 3.05. The second-order valence-electron chi connectivity index (χ2n) is 6.20. The summed E-state index contributed by atoms with van der Waals surface area (Å²) in [5.41, 5.74) is 2.44. The summed E-state index contributed by atoms with van der Waals surface area (Å²) in [5.74, 6) is 0.0437. The molecular weight excluding hydrogens is 338 g/mol. The van der Waals surface area contributed by atoms with Crippen LogP contribution in [0.4, 0.5) is 0 Å². The van der Waals surface area contributed by atoms with Gasteiger partial charge in [0.05, 0.1) is 32.9 Å². The van der Waals surface area contributed by atoms with Crippen LogP contribution in [0, 0.1) is 6.92 Å². The van der Waals surface area contributed by atoms with Crippen LogP contribution in [0.3, 0.4) is 0 Å². The molecule has 2 aromatic rings. The molecule has 1 aliphatic heterocycles. The number of carboxylic acids is 1. The second-order valence-corrected chi connectivity index (χ2v) is 6.20. The third-order valence-corrected chi connectivity index (χ3v) is 4.69. The molecule has 1 amide bonds. The lowest BCUT2D eigenvalue weighted by atomic mass is 9.89. The fourth-order valence-electron chi connectivity index (χ4n) is 3.38. The minimum Gasteiger partial charge on any atom is -0.493 e. The van der Waals surface area contributed by atoms with Gasteiger partial charge in [0.25, 0.3) is 5.91 Å². The van der Waals surface area contributed by atoms with Crippen molar-refractivity contribution in [3.63, 3.8) is 0 Å². The van der Waals surface area contributed by atoms with E-state index in [0.29, 0.717) is 24.5 Å². The highest BCUT2D eigenvalue weighted by molar-refractivity contribution is 5.93. The van der Waals surface area contributed by atoms with Crippen LogP contribution < -0.4 is 9.47 Å². The van der Waals surface area contributed by atoms with Gasteiger partial charge >= 0.3 is 5.97 Å². The Morgan fingerprint density at radius 3 is 2.54 bits per heavy atom. The number of amides is 1. The number of nitrogens with zero attached hydrogens (tertiary/aromatic N) is 1. The summed E-state index contributed by atoms with van der Waals surface area (Å²) in [6, 6.07) is 4.72. The zero-order valence-electron chi connectivity index (χ0n) is 14.9. The second kappa shape index (κ2) is 7.11. The van der Waals surface area contributed by atoms with Crippen LogP contribution in [0.2, 0.25) is 0 Å². The van der Waals surface area contributed by atoms with Gasteiger partial charge in [0, 0.05) is 12.1 Å². The van der Waals surface area contributed by atoms with Crippen molar-refractivity contribution in [2.45, 2.75) is 25.8 Å². The topological polar surface area (TPSA) is 89.2 Å². The summed E-state index contributed by atoms with van der Waals surface area (Å²) in [7, 11) is 3.08. The quantitative estimate of drug-likeness (QED) is 0.883. The molecule has 0 bridgehead atoms. The number of carbonyl (C=O) groups excluding carboxylic acids is 1. The van der Waals surface area contributed by atoms with E-state index < -0.39 is 12.0 Å². The van der Waals surface area contributed by atoms with Crippen molar-refractivity contribution in [1.29, 1.82) is 0 Å². The zero-order chi connectivity index (χ0) is 18.8. The molecule has 7 nitrogen and oxygen atoms in total. The summed E-state index contributed by atoms with van der Waals surface area (Å²) in [5, 5.41) is 9.39. The predicted octanol–water partition coefficient (Wildman–Crippen LogP) is 2.82. The molecular formula is C19H21NO6. The van der Waals surface area contributed by atoms with Crippen LogP contribution in [-0.2, 0) is 11.2 Å². The van der Waals surface area contributed by atoms with E-state index in [1.165, 1.54) is 13.4 Å². The minimum absolute atomic E-state index is 0.200. The van der Waals surface area contributed by atoms with Crippen molar-refractivity contribution in [2.24, 2.45) is 0 Å². The summed E-state index contributed by atoms with van der Waals surface area (Å²) >= 11 is 0. The van der Waals surface area contributed by atoms with Crippen LogP contribution in [-0.4, -0.2) is 42.6 Å². The van der Waals surface area contributed by atoms with E-state index in [1.807, 2.05) is 6.07 Å². The molecule has 1 aliphatic rings. The molecule has 1 atom stereocenters. The zero-order valence-corrected chi connectivity index (χ0v) is 14.9. The van der Waals surface area contributed by atoms with Crippen LogP contribution in [0.15, 0.2) is 28.9 Å². The first-order valence-corrected chi connectivity index (χ1v) is 8.28. The van der Waals surface area contributed by atoms with Crippen molar-refractivity contribution >= 4 is 11.9 Å². The van der Waals surface area contributed by atoms with Gasteiger partial charge in [0.2, 0.25) is 0 Å². The molecule has 0 fully saturated rings. The Morgan fingerprint density at radius 1 is 1.27 bits per heavy atom. The number of carboxylic acid groups (broad SMARTS) is 1. The van der Waals surface area contributed by atoms with Crippen molar-refractivity contribution in [3.8, 4) is 11.5 Å². The molecule has 0 spiro atoms. The van der Waals surface area contributed by atoms with Gasteiger partial charge < -0.3 is 23.9 Å². The standard InChI is InChI=1S/C19H21NO6/c1-11-5-7-26-18(11)19(23)20-6-4-12-8-15(24-2)16(25-3)9-13(12)14(20)10-17(21)22/h5,7-9,14H,4,6,10H2,1-3H3,(H,21,22)/t14-/m1/s1. The Labute approximate surface area is 151 Å². The lowest BCUT2D eigenvalue weighted by Crippen LogP contribution is -2.41. The molecule has 0 saturated heterocycles. The molecule has 26 heavy (non-hydrogen) atoms. The SMILES string of the molecule is COc1cc2c(cc1OC)[C@@H](CC(=O)O)N(C(=O)c1occc1C)CC2. The summed E-state index contributed by atoms with van der Waals surface area (Å²) in [4.78, 5) is 26.0. The maximum absolute atomic E-state index is 12.9. The number of furan rings is 1. The number of carbonyl (C=O) groups is 2. The van der Waals surface area contributed by atoms with Gasteiger partial charge in [-0.1, -0.05) is 0 Å². The smallest absolute Gasteiger partial charge is 0.305 e. The molecule has 0 radical (unpaired) electrons. The van der Waals surface area contributed by atoms with Gasteiger partial charge in [0.15, 0.2) is 17.3 Å². The Balaban J connectivity index is 2.05. The van der Waals surface area contributed by atoms with Crippen molar-refractivity contribution in [1.82, 2.24) is 4.90 Å². The fraction of sp³-hybridized carbons (Fsp3) is 0.368. The van der Waals surface area contributed by atoms with Gasteiger partial charge in [-0.15, -0.1) is 0 Å². The van der Waals surface area contributed by atoms with Gasteiger partial charge in [-0.25, -0.2) is 0 Å². The molecule has 1 N–H and O–H groups in total. The number of ether oxygens (including phenoxy) is 2. The number of aryl methyl sites for hydroxylation is 1. The number of rotatable bonds is 5. The van der Waals surface area contributed by atoms with Crippen LogP contribution in [0.25, 0.3) is 0 Å². The van der Waals surface area contributed by atoms with E-state index in [9.17, 15) is 14.7 Å². The van der Waals surface area contributed by atoms with Crippen LogP contribution >= 0.6 is 0 Å². The highest BCUT2D eigenvalue weighted by atomic mass is 16.5. The third kappa shape index (κ3) is 3.12. The monoisotopic (exact) mass is 359 g/mol. The van der Waals surface area contributed by atoms with Gasteiger partial charge in [-0.2, -0.15) is 0 Å². The predicted molar refractivity (Wildman–Crippen MR) is 92.7 cm³/mol. The van der Waals surface area contributed by atoms with E-state index in [-0.39, 0.29) is 18.1 Å². The first-order chi connectivity index (χ1) is 12.5. The average molecular weight is 359 g/mol. The van der Waals surface area contributed by atoms with E-state index >= 15 is 0 Å². The van der Waals surface area contributed by atoms with E-state index in [2.05, 4.69) is 0 Å². The number of aliphatic carboxylic acids is 1. The number of hydrogen-bond donors (Lipinski definition) is 1. The van der Waals surface area contributed by atoms with Crippen molar-refractivity contribution in [3.05, 3.63) is 46.9 Å². The maximum Gasteiger partial charge on any atom is 0.305 e. The fourth-order valence-corrected chi connectivity index (χ4v) is 3.38. The Hall–Kier alpha value is -2.96. The third-order valence-electron chi connectivity index (χ3n) is 4.69. The molecule has 0 aliphatic carbocycles. The Morgan fingerprint density at radius 2 is 1.96 bits per heavy atom. The van der Waals surface area contributed by atoms with Crippen molar-refractivity contribution < 1.29 is 28.6 Å². The molecule has 1 aromatic heterocycles. The molecule has 7 heteroatoms. The molecule has 2 heterocycles. The molecule has 138 valence electrons. The molecule has 0 saturated carbocycles. The molecule has 1 aromatic carbocycles. The highest BCUT2D eigenvalue weighted by Crippen LogP contribution is 2.40. The molecule has 0 unspecified atom stereocenters. The number of methoxy groups -OCH3 is 2. The largest absolute Gasteiger partial charge is 0.493 e. The van der Waals surface area contributed by atoms with Crippen LogP contribution in [0.1, 0.15) is 39.7 Å². The summed E-state index contributed by atoms with van der Waals surface area (Å²) < 4.78 is 16.0. The summed E-state index contributed by atoms with van der Waals surface area (Å²) in [6.45, 7) is 2.19. The first-order valence-electron chi connectivity index (χ1n) is 8.28. The van der Waals surface area contributed by atoms with Gasteiger partial charge in [-0.3, -0.25) is 9.59 Å². The normalized spacial score (nSPS) is 16.1. The Kier molecular flexibility index (Phi) is 4.88. The maximum atomic E-state index is 12.9. The van der Waals surface area contributed by atoms with Crippen molar-refractivity contribution in [2.75, 3.05) is 20.8 Å². The lowest BCUT2D eigenvalue weighted by molar-refractivity contribution is -0.138. The van der Waals surface area contributed by atoms with E-state index in [4.69, 9.17) is 13.9 Å². The number of fused-ring (bicyclic) bond motifs is 1. The highest BCUT2D eigenvalue weighted by Gasteiger charge is 2.35. The molecule has 3 rings (SSSR count). The number of hydrogen-bond acceptors (Lipinski definition) is 5. The minimum atomic E-state index is -0.980. The van der Waals surface area contributed by atoms with E-state index in [0.717, 1.165) is 16.7 Å². The lowest BCUT2D eigenvalue weighted by Gasteiger charge is -2.36.